The predicted molar refractivity (Wildman–Crippen MR) is 266 cm³/mol. The molecule has 3 amide bonds. The van der Waals surface area contributed by atoms with Crippen LogP contribution in [-0.4, -0.2) is 91.9 Å². The number of primary amides is 1. The summed E-state index contributed by atoms with van der Waals surface area (Å²) in [5, 5.41) is 27.6. The summed E-state index contributed by atoms with van der Waals surface area (Å²) in [6, 6.07) is 29.8. The van der Waals surface area contributed by atoms with Gasteiger partial charge in [-0.1, -0.05) is 80.0 Å². The summed E-state index contributed by atoms with van der Waals surface area (Å²) in [4.78, 5) is 61.0. The normalized spacial score (nSPS) is 16.5. The topological polar surface area (TPSA) is 206 Å². The molecule has 72 heavy (non-hydrogen) atoms. The molecule has 18 heteroatoms. The van der Waals surface area contributed by atoms with Crippen LogP contribution in [0.25, 0.3) is 11.3 Å². The highest BCUT2D eigenvalue weighted by molar-refractivity contribution is 6.58. The monoisotopic (exact) mass is 999 g/mol. The quantitative estimate of drug-likeness (QED) is 0.0838. The molecule has 0 unspecified atom stereocenters. The lowest BCUT2D eigenvalue weighted by molar-refractivity contribution is -0.147. The van der Waals surface area contributed by atoms with Crippen LogP contribution in [-0.2, 0) is 9.59 Å². The molecule has 5 N–H and O–H groups in total. The van der Waals surface area contributed by atoms with E-state index in [-0.39, 0.29) is 40.2 Å². The van der Waals surface area contributed by atoms with Gasteiger partial charge in [0.25, 0.3) is 11.8 Å². The Labute approximate surface area is 420 Å². The van der Waals surface area contributed by atoms with Crippen LogP contribution in [0.1, 0.15) is 108 Å². The number of nitrogens with zero attached hydrogens (tertiary/aromatic N) is 4. The van der Waals surface area contributed by atoms with Crippen molar-refractivity contribution in [2.24, 2.45) is 16.6 Å². The molecule has 0 aliphatic carbocycles. The van der Waals surface area contributed by atoms with Crippen molar-refractivity contribution in [3.8, 4) is 34.5 Å². The van der Waals surface area contributed by atoms with Crippen molar-refractivity contribution in [2.45, 2.75) is 65.2 Å². The number of hydrogen-bond acceptors (Lipinski definition) is 10. The highest BCUT2D eigenvalue weighted by atomic mass is 35.5. The zero-order chi connectivity index (χ0) is 51.6. The number of ether oxygens (including phenoxy) is 2. The average Bonchev–Trinajstić information content (AvgIpc) is 4.12. The Hall–Kier alpha value is -7.21. The minimum Gasteiger partial charge on any atom is -0.481 e. The van der Waals surface area contributed by atoms with E-state index in [2.05, 4.69) is 9.97 Å². The SMILES string of the molecule is CC(C)(C(=O)O)[C@@H]1c2ccc(Cl)nc2Oc2c(F)cccc21.CC(C)(C(N)=O)[C@@H]1c2ccc(-c3ccc(C(=O)N4CCCC4)cc3)nc2Oc2c(F)cccc21.O=C(c1ccc(B(O)O)cc1)N1CCCC1. The van der Waals surface area contributed by atoms with Gasteiger partial charge in [-0.05, 0) is 99.6 Å². The van der Waals surface area contributed by atoms with Gasteiger partial charge < -0.3 is 40.2 Å². The minimum atomic E-state index is -1.48. The maximum atomic E-state index is 14.7. The molecule has 4 aliphatic rings. The number of carboxylic acid groups (broad SMARTS) is 1. The zero-order valence-electron chi connectivity index (χ0n) is 40.1. The Kier molecular flexibility index (Phi) is 14.8. The summed E-state index contributed by atoms with van der Waals surface area (Å²) in [5.41, 5.74) is 8.93. The van der Waals surface area contributed by atoms with Crippen molar-refractivity contribution >= 4 is 47.9 Å². The van der Waals surface area contributed by atoms with E-state index in [1.807, 2.05) is 34.1 Å². The lowest BCUT2D eigenvalue weighted by Crippen LogP contribution is -2.38. The number of carbonyl (C=O) groups is 4. The van der Waals surface area contributed by atoms with Crippen molar-refractivity contribution in [3.63, 3.8) is 0 Å². The lowest BCUT2D eigenvalue weighted by Gasteiger charge is -2.36. The minimum absolute atomic E-state index is 0.00379. The second kappa shape index (κ2) is 20.9. The van der Waals surface area contributed by atoms with E-state index in [0.717, 1.165) is 57.4 Å². The highest BCUT2D eigenvalue weighted by Crippen LogP contribution is 2.53. The Bertz CT molecular complexity index is 3040. The number of hydrogen-bond donors (Lipinski definition) is 4. The molecule has 2 atom stereocenters. The lowest BCUT2D eigenvalue weighted by atomic mass is 9.70. The van der Waals surface area contributed by atoms with Gasteiger partial charge in [0.1, 0.15) is 5.15 Å². The van der Waals surface area contributed by atoms with Crippen molar-refractivity contribution in [1.29, 1.82) is 0 Å². The Morgan fingerprint density at radius 1 is 0.625 bits per heavy atom. The number of fused-ring (bicyclic) bond motifs is 4. The summed E-state index contributed by atoms with van der Waals surface area (Å²) in [6.45, 7) is 9.92. The fourth-order valence-corrected chi connectivity index (χ4v) is 9.64. The summed E-state index contributed by atoms with van der Waals surface area (Å²) in [6.07, 6.45) is 4.22. The maximum absolute atomic E-state index is 14.7. The number of carbonyl (C=O) groups excluding carboxylic acids is 3. The van der Waals surface area contributed by atoms with Crippen LogP contribution in [0.15, 0.2) is 109 Å². The van der Waals surface area contributed by atoms with Crippen LogP contribution in [0.5, 0.6) is 23.3 Å². The fraction of sp³-hybridized carbons (Fsp3) is 0.296. The van der Waals surface area contributed by atoms with Crippen LogP contribution in [0.4, 0.5) is 8.78 Å². The Balaban J connectivity index is 0.000000157. The third kappa shape index (κ3) is 10.3. The predicted octanol–water partition coefficient (Wildman–Crippen LogP) is 8.70. The molecule has 6 heterocycles. The number of nitrogens with two attached hydrogens (primary N) is 1. The van der Waals surface area contributed by atoms with E-state index >= 15 is 0 Å². The average molecular weight is 1000 g/mol. The second-order valence-corrected chi connectivity index (χ2v) is 19.6. The van der Waals surface area contributed by atoms with Crippen LogP contribution < -0.4 is 20.7 Å². The van der Waals surface area contributed by atoms with E-state index in [1.54, 1.807) is 94.4 Å². The molecule has 4 aromatic carbocycles. The van der Waals surface area contributed by atoms with Gasteiger partial charge in [0.15, 0.2) is 23.1 Å². The third-order valence-corrected chi connectivity index (χ3v) is 13.9. The number of pyridine rings is 2. The van der Waals surface area contributed by atoms with Crippen LogP contribution in [0.2, 0.25) is 5.15 Å². The molecule has 14 nitrogen and oxygen atoms in total. The molecule has 0 spiro atoms. The standard InChI is InChI=1S/C27H26FN3O3.C16H13ClFNO3.C11H14BNO3/c1-27(2,26(29)33)22-18-6-5-7-20(28)23(18)34-24-19(22)12-13-21(30-24)16-8-10-17(11-9-16)25(32)31-14-3-4-15-31;1-16(2,15(20)21)12-8-4-3-5-10(18)13(8)22-14-9(12)6-7-11(17)19-14;14-11(13-7-1-2-8-13)9-3-5-10(6-4-9)12(15)16/h5-13,22H,3-4,14-15H2,1-2H3,(H2,29,33);3-7,12H,1-2H3,(H,20,21);3-6,15-16H,1-2,7-8H2/t22-;12-;/m00./s1. The van der Waals surface area contributed by atoms with E-state index < -0.39 is 53.3 Å². The molecule has 2 aromatic heterocycles. The van der Waals surface area contributed by atoms with Crippen LogP contribution >= 0.6 is 11.6 Å². The molecule has 2 fully saturated rings. The number of para-hydroxylation sites is 2. The van der Waals surface area contributed by atoms with Crippen molar-refractivity contribution in [3.05, 3.63) is 159 Å². The highest BCUT2D eigenvalue weighted by Gasteiger charge is 2.46. The molecule has 0 radical (unpaired) electrons. The van der Waals surface area contributed by atoms with Crippen LogP contribution in [0, 0.1) is 22.5 Å². The molecule has 0 bridgehead atoms. The summed E-state index contributed by atoms with van der Waals surface area (Å²) < 4.78 is 40.2. The number of carboxylic acids is 1. The molecule has 10 rings (SSSR count). The number of rotatable bonds is 8. The van der Waals surface area contributed by atoms with E-state index in [1.165, 1.54) is 18.2 Å². The van der Waals surface area contributed by atoms with Gasteiger partial charge in [0, 0.05) is 77.0 Å². The molecular weight excluding hydrogens is 947 g/mol. The number of aromatic nitrogens is 2. The number of benzene rings is 4. The summed E-state index contributed by atoms with van der Waals surface area (Å²) in [7, 11) is -1.48. The van der Waals surface area contributed by atoms with E-state index in [0.29, 0.717) is 44.5 Å². The molecule has 0 saturated carbocycles. The fourth-order valence-electron chi connectivity index (χ4n) is 9.50. The molecule has 6 aromatic rings. The van der Waals surface area contributed by atoms with Crippen molar-refractivity contribution in [1.82, 2.24) is 19.8 Å². The van der Waals surface area contributed by atoms with Gasteiger partial charge in [-0.2, -0.15) is 0 Å². The maximum Gasteiger partial charge on any atom is 0.488 e. The Morgan fingerprint density at radius 3 is 1.53 bits per heavy atom. The van der Waals surface area contributed by atoms with Crippen molar-refractivity contribution < 1.29 is 52.6 Å². The first-order valence-corrected chi connectivity index (χ1v) is 23.9. The summed E-state index contributed by atoms with van der Waals surface area (Å²) in [5.74, 6) is -3.16. The molecule has 2 saturated heterocycles. The second-order valence-electron chi connectivity index (χ2n) is 19.2. The first-order chi connectivity index (χ1) is 34.3. The number of likely N-dealkylation sites (tertiary alicyclic amines) is 2. The molecule has 4 aliphatic heterocycles. The van der Waals surface area contributed by atoms with Gasteiger partial charge in [-0.3, -0.25) is 19.2 Å². The number of halogens is 3. The molecular formula is C54H53BClF2N5O9. The van der Waals surface area contributed by atoms with Crippen LogP contribution in [0.3, 0.4) is 0 Å². The van der Waals surface area contributed by atoms with Crippen molar-refractivity contribution in [2.75, 3.05) is 26.2 Å². The first kappa shape index (κ1) is 51.2. The van der Waals surface area contributed by atoms with Gasteiger partial charge in [-0.15, -0.1) is 0 Å². The van der Waals surface area contributed by atoms with Gasteiger partial charge in [0.2, 0.25) is 17.7 Å². The smallest absolute Gasteiger partial charge is 0.481 e. The van der Waals surface area contributed by atoms with Gasteiger partial charge in [0.05, 0.1) is 16.5 Å². The largest absolute Gasteiger partial charge is 0.488 e. The molecule has 372 valence electrons. The number of aliphatic carboxylic acids is 1. The van der Waals surface area contributed by atoms with E-state index in [9.17, 15) is 33.1 Å². The first-order valence-electron chi connectivity index (χ1n) is 23.6. The summed E-state index contributed by atoms with van der Waals surface area (Å²) >= 11 is 5.87. The van der Waals surface area contributed by atoms with Gasteiger partial charge >= 0.3 is 13.1 Å². The Morgan fingerprint density at radius 2 is 1.07 bits per heavy atom. The van der Waals surface area contributed by atoms with Gasteiger partial charge in [-0.25, -0.2) is 18.7 Å². The van der Waals surface area contributed by atoms with E-state index in [4.69, 9.17) is 36.9 Å². The third-order valence-electron chi connectivity index (χ3n) is 13.7. The zero-order valence-corrected chi connectivity index (χ0v) is 40.8. The number of amides is 3.